The summed E-state index contributed by atoms with van der Waals surface area (Å²) in [5.41, 5.74) is 3.65. The maximum Gasteiger partial charge on any atom is 0.337 e. The van der Waals surface area contributed by atoms with Gasteiger partial charge in [0.25, 0.3) is 0 Å². The van der Waals surface area contributed by atoms with Crippen molar-refractivity contribution in [2.75, 3.05) is 7.11 Å². The maximum absolute atomic E-state index is 11.5. The second kappa shape index (κ2) is 7.34. The molecule has 0 aliphatic heterocycles. The van der Waals surface area contributed by atoms with Crippen LogP contribution < -0.4 is 0 Å². The van der Waals surface area contributed by atoms with Crippen LogP contribution in [0.4, 0.5) is 0 Å². The first kappa shape index (κ1) is 16.9. The molecule has 1 aromatic heterocycles. The van der Waals surface area contributed by atoms with E-state index in [0.717, 1.165) is 33.2 Å². The Morgan fingerprint density at radius 3 is 2.44 bits per heavy atom. The van der Waals surface area contributed by atoms with E-state index in [1.54, 1.807) is 18.4 Å². The standard InChI is InChI=1S/C24H18O3/c1-26-24(25)19-14-11-17(12-15-19)10-13-18-6-2-4-8-21(18)23-22-9-5-3-7-20(22)16-27-23/h2-16H,1H3/b13-10+. The molecule has 0 saturated carbocycles. The number of esters is 1. The van der Waals surface area contributed by atoms with Gasteiger partial charge in [0.15, 0.2) is 0 Å². The van der Waals surface area contributed by atoms with Crippen LogP contribution in [0.2, 0.25) is 0 Å². The number of carbonyl (C=O) groups is 1. The third kappa shape index (κ3) is 3.40. The Balaban J connectivity index is 1.67. The fourth-order valence-corrected chi connectivity index (χ4v) is 3.08. The van der Waals surface area contributed by atoms with Crippen LogP contribution in [0.1, 0.15) is 21.5 Å². The maximum atomic E-state index is 11.5. The van der Waals surface area contributed by atoms with Crippen molar-refractivity contribution in [1.82, 2.24) is 0 Å². The summed E-state index contributed by atoms with van der Waals surface area (Å²) >= 11 is 0. The SMILES string of the molecule is COC(=O)c1ccc(/C=C/c2ccccc2-c2occ3ccccc23)cc1. The minimum absolute atomic E-state index is 0.333. The van der Waals surface area contributed by atoms with Gasteiger partial charge in [-0.3, -0.25) is 0 Å². The van der Waals surface area contributed by atoms with E-state index in [1.165, 1.54) is 7.11 Å². The molecule has 132 valence electrons. The summed E-state index contributed by atoms with van der Waals surface area (Å²) in [5.74, 6) is 0.535. The van der Waals surface area contributed by atoms with Gasteiger partial charge in [0, 0.05) is 16.3 Å². The Hall–Kier alpha value is -3.59. The van der Waals surface area contributed by atoms with E-state index in [9.17, 15) is 4.79 Å². The Bertz CT molecular complexity index is 1120. The van der Waals surface area contributed by atoms with E-state index >= 15 is 0 Å². The minimum atomic E-state index is -0.333. The molecular formula is C24H18O3. The van der Waals surface area contributed by atoms with Crippen molar-refractivity contribution < 1.29 is 13.9 Å². The number of ether oxygens (including phenoxy) is 1. The van der Waals surface area contributed by atoms with Gasteiger partial charge < -0.3 is 9.15 Å². The molecule has 0 radical (unpaired) electrons. The molecule has 0 saturated heterocycles. The van der Waals surface area contributed by atoms with Gasteiger partial charge >= 0.3 is 5.97 Å². The number of hydrogen-bond acceptors (Lipinski definition) is 3. The van der Waals surface area contributed by atoms with Crippen molar-refractivity contribution in [2.45, 2.75) is 0 Å². The highest BCUT2D eigenvalue weighted by molar-refractivity contribution is 5.96. The second-order valence-corrected chi connectivity index (χ2v) is 6.19. The van der Waals surface area contributed by atoms with Crippen molar-refractivity contribution in [3.8, 4) is 11.3 Å². The van der Waals surface area contributed by atoms with Crippen molar-refractivity contribution in [3.05, 3.63) is 95.7 Å². The molecule has 0 aliphatic carbocycles. The van der Waals surface area contributed by atoms with Gasteiger partial charge in [-0.05, 0) is 23.3 Å². The zero-order valence-corrected chi connectivity index (χ0v) is 14.9. The molecule has 0 fully saturated rings. The molecule has 1 heterocycles. The average Bonchev–Trinajstić information content (AvgIpc) is 3.16. The van der Waals surface area contributed by atoms with Crippen molar-refractivity contribution in [1.29, 1.82) is 0 Å². The number of hydrogen-bond donors (Lipinski definition) is 0. The third-order valence-electron chi connectivity index (χ3n) is 4.50. The predicted molar refractivity (Wildman–Crippen MR) is 108 cm³/mol. The number of methoxy groups -OCH3 is 1. The Morgan fingerprint density at radius 2 is 1.63 bits per heavy atom. The lowest BCUT2D eigenvalue weighted by atomic mass is 10.0. The molecule has 0 atom stereocenters. The fraction of sp³-hybridized carbons (Fsp3) is 0.0417. The molecule has 0 spiro atoms. The number of carbonyl (C=O) groups excluding carboxylic acids is 1. The predicted octanol–water partition coefficient (Wildman–Crippen LogP) is 6.06. The molecule has 0 N–H and O–H groups in total. The van der Waals surface area contributed by atoms with Crippen LogP contribution in [0.15, 0.2) is 83.5 Å². The van der Waals surface area contributed by atoms with Gasteiger partial charge in [0.05, 0.1) is 18.9 Å². The van der Waals surface area contributed by atoms with Crippen LogP contribution >= 0.6 is 0 Å². The summed E-state index contributed by atoms with van der Waals surface area (Å²) < 4.78 is 10.6. The van der Waals surface area contributed by atoms with Crippen LogP contribution in [0.5, 0.6) is 0 Å². The first-order valence-corrected chi connectivity index (χ1v) is 8.68. The van der Waals surface area contributed by atoms with Gasteiger partial charge in [0.1, 0.15) is 5.76 Å². The summed E-state index contributed by atoms with van der Waals surface area (Å²) in [7, 11) is 1.38. The van der Waals surface area contributed by atoms with Crippen molar-refractivity contribution in [3.63, 3.8) is 0 Å². The smallest absolute Gasteiger partial charge is 0.337 e. The highest BCUT2D eigenvalue weighted by Crippen LogP contribution is 2.33. The van der Waals surface area contributed by atoms with Crippen molar-refractivity contribution >= 4 is 28.9 Å². The Labute approximate surface area is 157 Å². The van der Waals surface area contributed by atoms with E-state index in [0.29, 0.717) is 5.56 Å². The lowest BCUT2D eigenvalue weighted by Crippen LogP contribution is -2.00. The molecule has 0 aliphatic rings. The minimum Gasteiger partial charge on any atom is -0.465 e. The molecule has 3 heteroatoms. The number of fused-ring (bicyclic) bond motifs is 1. The molecule has 0 bridgehead atoms. The van der Waals surface area contributed by atoms with E-state index < -0.39 is 0 Å². The lowest BCUT2D eigenvalue weighted by Gasteiger charge is -2.04. The Kier molecular flexibility index (Phi) is 4.58. The molecule has 4 rings (SSSR count). The summed E-state index contributed by atoms with van der Waals surface area (Å²) in [6.07, 6.45) is 5.86. The van der Waals surface area contributed by atoms with Crippen LogP contribution in [0.25, 0.3) is 34.2 Å². The zero-order valence-electron chi connectivity index (χ0n) is 14.9. The first-order chi connectivity index (χ1) is 13.3. The number of furan rings is 1. The van der Waals surface area contributed by atoms with E-state index in [2.05, 4.69) is 24.3 Å². The van der Waals surface area contributed by atoms with Gasteiger partial charge in [-0.2, -0.15) is 0 Å². The average molecular weight is 354 g/mol. The van der Waals surface area contributed by atoms with Crippen LogP contribution in [-0.2, 0) is 4.74 Å². The summed E-state index contributed by atoms with van der Waals surface area (Å²) in [6.45, 7) is 0. The second-order valence-electron chi connectivity index (χ2n) is 6.19. The van der Waals surface area contributed by atoms with Crippen LogP contribution in [0.3, 0.4) is 0 Å². The molecular weight excluding hydrogens is 336 g/mol. The number of benzene rings is 3. The monoisotopic (exact) mass is 354 g/mol. The van der Waals surface area contributed by atoms with Crippen molar-refractivity contribution in [2.24, 2.45) is 0 Å². The van der Waals surface area contributed by atoms with Gasteiger partial charge in [-0.25, -0.2) is 4.79 Å². The van der Waals surface area contributed by atoms with Crippen LogP contribution in [0, 0.1) is 0 Å². The summed E-state index contributed by atoms with van der Waals surface area (Å²) in [6, 6.07) is 23.6. The topological polar surface area (TPSA) is 39.4 Å². The summed E-state index contributed by atoms with van der Waals surface area (Å²) in [5, 5.41) is 2.19. The van der Waals surface area contributed by atoms with Gasteiger partial charge in [-0.15, -0.1) is 0 Å². The quantitative estimate of drug-likeness (QED) is 0.330. The normalized spacial score (nSPS) is 11.1. The molecule has 3 aromatic carbocycles. The third-order valence-corrected chi connectivity index (χ3v) is 4.50. The van der Waals surface area contributed by atoms with E-state index in [-0.39, 0.29) is 5.97 Å². The molecule has 0 unspecified atom stereocenters. The Morgan fingerprint density at radius 1 is 0.889 bits per heavy atom. The van der Waals surface area contributed by atoms with E-state index in [1.807, 2.05) is 48.5 Å². The van der Waals surface area contributed by atoms with E-state index in [4.69, 9.17) is 9.15 Å². The van der Waals surface area contributed by atoms with Crippen LogP contribution in [-0.4, -0.2) is 13.1 Å². The molecule has 3 nitrogen and oxygen atoms in total. The van der Waals surface area contributed by atoms with Gasteiger partial charge in [-0.1, -0.05) is 72.8 Å². The highest BCUT2D eigenvalue weighted by atomic mass is 16.5. The number of rotatable bonds is 4. The zero-order chi connectivity index (χ0) is 18.6. The molecule has 4 aromatic rings. The molecule has 0 amide bonds. The summed E-state index contributed by atoms with van der Waals surface area (Å²) in [4.78, 5) is 11.5. The largest absolute Gasteiger partial charge is 0.465 e. The first-order valence-electron chi connectivity index (χ1n) is 8.68. The fourth-order valence-electron chi connectivity index (χ4n) is 3.08. The van der Waals surface area contributed by atoms with Gasteiger partial charge in [0.2, 0.25) is 0 Å². The highest BCUT2D eigenvalue weighted by Gasteiger charge is 2.10. The lowest BCUT2D eigenvalue weighted by molar-refractivity contribution is 0.0600. The molecule has 27 heavy (non-hydrogen) atoms.